The lowest BCUT2D eigenvalue weighted by Gasteiger charge is -2.36. The van der Waals surface area contributed by atoms with Gasteiger partial charge in [0.05, 0.1) is 13.2 Å². The Morgan fingerprint density at radius 1 is 1.47 bits per heavy atom. The average molecular weight is 272 g/mol. The Labute approximate surface area is 116 Å². The summed E-state index contributed by atoms with van der Waals surface area (Å²) in [5.41, 5.74) is 2.61. The van der Waals surface area contributed by atoms with E-state index in [9.17, 15) is 0 Å². The number of nitrogens with zero attached hydrogens (tertiary/aromatic N) is 3. The van der Waals surface area contributed by atoms with E-state index in [-0.39, 0.29) is 6.04 Å². The highest BCUT2D eigenvalue weighted by Crippen LogP contribution is 2.05. The van der Waals surface area contributed by atoms with Crippen LogP contribution in [0.1, 0.15) is 6.92 Å². The maximum absolute atomic E-state index is 5.49. The second-order valence-electron chi connectivity index (χ2n) is 5.23. The molecular formula is C12H28N6O. The molecule has 1 fully saturated rings. The Bertz CT molecular complexity index is 285. The van der Waals surface area contributed by atoms with Gasteiger partial charge in [0, 0.05) is 38.8 Å². The summed E-state index contributed by atoms with van der Waals surface area (Å²) in [5, 5.41) is 3.19. The van der Waals surface area contributed by atoms with Gasteiger partial charge >= 0.3 is 0 Å². The van der Waals surface area contributed by atoms with Crippen LogP contribution < -0.4 is 16.6 Å². The number of hydrogen-bond donors (Lipinski definition) is 3. The number of hydrogen-bond acceptors (Lipinski definition) is 5. The van der Waals surface area contributed by atoms with Crippen molar-refractivity contribution in [2.75, 3.05) is 54.0 Å². The third-order valence-electron chi connectivity index (χ3n) is 3.38. The third kappa shape index (κ3) is 5.73. The summed E-state index contributed by atoms with van der Waals surface area (Å²) in [4.78, 5) is 9.19. The van der Waals surface area contributed by atoms with Crippen LogP contribution in [0.25, 0.3) is 0 Å². The van der Waals surface area contributed by atoms with Gasteiger partial charge in [-0.1, -0.05) is 0 Å². The number of aliphatic imine (C=N–C) groups is 1. The number of methoxy groups -OCH3 is 1. The van der Waals surface area contributed by atoms with E-state index < -0.39 is 0 Å². The van der Waals surface area contributed by atoms with E-state index >= 15 is 0 Å². The number of nitrogens with two attached hydrogens (primary N) is 1. The van der Waals surface area contributed by atoms with Crippen molar-refractivity contribution in [3.63, 3.8) is 0 Å². The quantitative estimate of drug-likeness (QED) is 0.249. The largest absolute Gasteiger partial charge is 0.383 e. The van der Waals surface area contributed by atoms with Crippen molar-refractivity contribution in [3.8, 4) is 0 Å². The maximum atomic E-state index is 5.49. The number of rotatable bonds is 5. The first kappa shape index (κ1) is 16.2. The van der Waals surface area contributed by atoms with Crippen molar-refractivity contribution in [1.82, 2.24) is 20.5 Å². The lowest BCUT2D eigenvalue weighted by Crippen LogP contribution is -2.52. The highest BCUT2D eigenvalue weighted by atomic mass is 16.5. The summed E-state index contributed by atoms with van der Waals surface area (Å²) in [6.45, 7) is 6.60. The second-order valence-corrected chi connectivity index (χ2v) is 5.23. The predicted molar refractivity (Wildman–Crippen MR) is 78.0 cm³/mol. The lowest BCUT2D eigenvalue weighted by molar-refractivity contribution is 0.119. The van der Waals surface area contributed by atoms with E-state index in [0.717, 1.165) is 26.2 Å². The highest BCUT2D eigenvalue weighted by Gasteiger charge is 2.21. The molecule has 0 bridgehead atoms. The van der Waals surface area contributed by atoms with Gasteiger partial charge in [0.25, 0.3) is 0 Å². The molecule has 0 saturated carbocycles. The molecule has 1 aliphatic heterocycles. The first-order valence-electron chi connectivity index (χ1n) is 6.72. The molecule has 7 nitrogen and oxygen atoms in total. The van der Waals surface area contributed by atoms with Crippen LogP contribution in [0.5, 0.6) is 0 Å². The zero-order valence-electron chi connectivity index (χ0n) is 12.5. The minimum atomic E-state index is 0.173. The van der Waals surface area contributed by atoms with Gasteiger partial charge in [0.2, 0.25) is 5.96 Å². The van der Waals surface area contributed by atoms with Crippen LogP contribution in [-0.2, 0) is 4.74 Å². The number of guanidine groups is 1. The first-order valence-corrected chi connectivity index (χ1v) is 6.72. The SMILES string of the molecule is COCC(C)NC(=NCC1CN(C)CCN1C)NN. The Balaban J connectivity index is 2.46. The van der Waals surface area contributed by atoms with Crippen LogP contribution in [-0.4, -0.2) is 81.8 Å². The van der Waals surface area contributed by atoms with Gasteiger partial charge < -0.3 is 15.0 Å². The molecule has 2 atom stereocenters. The molecule has 1 saturated heterocycles. The molecule has 1 heterocycles. The molecule has 19 heavy (non-hydrogen) atoms. The van der Waals surface area contributed by atoms with Crippen molar-refractivity contribution in [2.24, 2.45) is 10.8 Å². The van der Waals surface area contributed by atoms with E-state index in [1.54, 1.807) is 7.11 Å². The van der Waals surface area contributed by atoms with E-state index in [4.69, 9.17) is 10.6 Å². The molecule has 0 amide bonds. The molecule has 7 heteroatoms. The predicted octanol–water partition coefficient (Wildman–Crippen LogP) is -1.32. The molecule has 0 radical (unpaired) electrons. The number of piperazine rings is 1. The average Bonchev–Trinajstić information content (AvgIpc) is 2.38. The molecule has 4 N–H and O–H groups in total. The van der Waals surface area contributed by atoms with E-state index in [0.29, 0.717) is 18.6 Å². The van der Waals surface area contributed by atoms with Crippen LogP contribution in [0.4, 0.5) is 0 Å². The molecule has 1 rings (SSSR count). The number of hydrazine groups is 1. The molecule has 1 aliphatic rings. The van der Waals surface area contributed by atoms with Gasteiger partial charge in [-0.3, -0.25) is 15.3 Å². The Hall–Kier alpha value is -0.890. The fraction of sp³-hybridized carbons (Fsp3) is 0.917. The topological polar surface area (TPSA) is 78.2 Å². The number of ether oxygens (including phenoxy) is 1. The van der Waals surface area contributed by atoms with Gasteiger partial charge in [-0.15, -0.1) is 0 Å². The number of nitrogens with one attached hydrogen (secondary N) is 2. The van der Waals surface area contributed by atoms with Crippen LogP contribution in [0.15, 0.2) is 4.99 Å². The maximum Gasteiger partial charge on any atom is 0.206 e. The van der Waals surface area contributed by atoms with E-state index in [1.165, 1.54) is 0 Å². The van der Waals surface area contributed by atoms with E-state index in [2.05, 4.69) is 39.6 Å². The minimum absolute atomic E-state index is 0.173. The summed E-state index contributed by atoms with van der Waals surface area (Å²) >= 11 is 0. The van der Waals surface area contributed by atoms with Gasteiger partial charge in [-0.25, -0.2) is 5.84 Å². The molecule has 0 aromatic rings. The van der Waals surface area contributed by atoms with Crippen LogP contribution >= 0.6 is 0 Å². The van der Waals surface area contributed by atoms with Crippen molar-refractivity contribution < 1.29 is 4.74 Å². The summed E-state index contributed by atoms with van der Waals surface area (Å²) in [7, 11) is 5.96. The third-order valence-corrected chi connectivity index (χ3v) is 3.38. The fourth-order valence-corrected chi connectivity index (χ4v) is 2.15. The van der Waals surface area contributed by atoms with Crippen molar-refractivity contribution in [2.45, 2.75) is 19.0 Å². The molecule has 0 aliphatic carbocycles. The van der Waals surface area contributed by atoms with Gasteiger partial charge in [0.1, 0.15) is 0 Å². The zero-order chi connectivity index (χ0) is 14.3. The fourth-order valence-electron chi connectivity index (χ4n) is 2.15. The minimum Gasteiger partial charge on any atom is -0.383 e. The van der Waals surface area contributed by atoms with Crippen molar-refractivity contribution >= 4 is 5.96 Å². The second kappa shape index (κ2) is 8.31. The molecule has 0 spiro atoms. The summed E-state index contributed by atoms with van der Waals surface area (Å²) in [6, 6.07) is 0.605. The smallest absolute Gasteiger partial charge is 0.206 e. The lowest BCUT2D eigenvalue weighted by atomic mass is 10.2. The monoisotopic (exact) mass is 272 g/mol. The highest BCUT2D eigenvalue weighted by molar-refractivity contribution is 5.79. The zero-order valence-corrected chi connectivity index (χ0v) is 12.5. The van der Waals surface area contributed by atoms with Gasteiger partial charge in [0.15, 0.2) is 0 Å². The summed E-state index contributed by atoms with van der Waals surface area (Å²) in [5.74, 6) is 6.10. The van der Waals surface area contributed by atoms with Gasteiger partial charge in [-0.2, -0.15) is 0 Å². The summed E-state index contributed by atoms with van der Waals surface area (Å²) < 4.78 is 5.07. The number of likely N-dealkylation sites (N-methyl/N-ethyl adjacent to an activating group) is 2. The molecule has 112 valence electrons. The molecule has 2 unspecified atom stereocenters. The van der Waals surface area contributed by atoms with E-state index in [1.807, 2.05) is 6.92 Å². The Morgan fingerprint density at radius 2 is 2.21 bits per heavy atom. The van der Waals surface area contributed by atoms with Crippen molar-refractivity contribution in [1.29, 1.82) is 0 Å². The van der Waals surface area contributed by atoms with Crippen LogP contribution in [0, 0.1) is 0 Å². The van der Waals surface area contributed by atoms with Crippen LogP contribution in [0.3, 0.4) is 0 Å². The van der Waals surface area contributed by atoms with Crippen LogP contribution in [0.2, 0.25) is 0 Å². The van der Waals surface area contributed by atoms with Crippen molar-refractivity contribution in [3.05, 3.63) is 0 Å². The summed E-state index contributed by atoms with van der Waals surface area (Å²) in [6.07, 6.45) is 0. The normalized spacial score (nSPS) is 24.3. The van der Waals surface area contributed by atoms with Gasteiger partial charge in [-0.05, 0) is 21.0 Å². The first-order chi connectivity index (χ1) is 9.06. The molecular weight excluding hydrogens is 244 g/mol. The Morgan fingerprint density at radius 3 is 2.84 bits per heavy atom. The Kier molecular flexibility index (Phi) is 7.07. The standard InChI is InChI=1S/C12H28N6O/c1-10(9-19-4)15-12(16-13)14-7-11-8-17(2)5-6-18(11)3/h10-11H,5-9,13H2,1-4H3,(H2,14,15,16). The molecule has 0 aromatic carbocycles. The molecule has 0 aromatic heterocycles.